The number of hydrogen-bond donors (Lipinski definition) is 1. The SMILES string of the molecule is Cc1nnc(N2CCC(C(=O)NC3CC3)C2)c2ccccc12. The maximum Gasteiger partial charge on any atom is 0.225 e. The molecule has 1 aromatic carbocycles. The highest BCUT2D eigenvalue weighted by molar-refractivity contribution is 5.93. The molecule has 1 aromatic heterocycles. The van der Waals surface area contributed by atoms with Gasteiger partial charge >= 0.3 is 0 Å². The van der Waals surface area contributed by atoms with Crippen LogP contribution in [0.2, 0.25) is 0 Å². The van der Waals surface area contributed by atoms with E-state index in [2.05, 4.69) is 32.5 Å². The Kier molecular flexibility index (Phi) is 3.21. The van der Waals surface area contributed by atoms with E-state index >= 15 is 0 Å². The third-order valence-corrected chi connectivity index (χ3v) is 4.63. The van der Waals surface area contributed by atoms with E-state index in [-0.39, 0.29) is 11.8 Å². The molecule has 2 aromatic rings. The van der Waals surface area contributed by atoms with E-state index in [1.807, 2.05) is 19.1 Å². The predicted molar refractivity (Wildman–Crippen MR) is 85.8 cm³/mol. The zero-order valence-electron chi connectivity index (χ0n) is 12.7. The van der Waals surface area contributed by atoms with Crippen LogP contribution in [0.25, 0.3) is 10.8 Å². The molecule has 4 rings (SSSR count). The summed E-state index contributed by atoms with van der Waals surface area (Å²) in [6.07, 6.45) is 3.16. The van der Waals surface area contributed by atoms with Crippen molar-refractivity contribution in [2.24, 2.45) is 5.92 Å². The lowest BCUT2D eigenvalue weighted by Crippen LogP contribution is -2.34. The van der Waals surface area contributed by atoms with Crippen molar-refractivity contribution < 1.29 is 4.79 Å². The van der Waals surface area contributed by atoms with Crippen LogP contribution in [0.4, 0.5) is 5.82 Å². The molecule has 22 heavy (non-hydrogen) atoms. The fraction of sp³-hybridized carbons (Fsp3) is 0.471. The van der Waals surface area contributed by atoms with Gasteiger partial charge in [-0.1, -0.05) is 24.3 Å². The van der Waals surface area contributed by atoms with E-state index in [0.717, 1.165) is 54.6 Å². The summed E-state index contributed by atoms with van der Waals surface area (Å²) in [7, 11) is 0. The summed E-state index contributed by atoms with van der Waals surface area (Å²) in [5, 5.41) is 14.1. The summed E-state index contributed by atoms with van der Waals surface area (Å²) < 4.78 is 0. The van der Waals surface area contributed by atoms with E-state index in [9.17, 15) is 4.79 Å². The van der Waals surface area contributed by atoms with Crippen LogP contribution < -0.4 is 10.2 Å². The number of rotatable bonds is 3. The van der Waals surface area contributed by atoms with Crippen LogP contribution in [0.3, 0.4) is 0 Å². The van der Waals surface area contributed by atoms with Gasteiger partial charge in [-0.25, -0.2) is 0 Å². The van der Waals surface area contributed by atoms with Crippen LogP contribution in [0.5, 0.6) is 0 Å². The molecule has 5 heteroatoms. The number of carbonyl (C=O) groups excluding carboxylic acids is 1. The first kappa shape index (κ1) is 13.5. The second-order valence-corrected chi connectivity index (χ2v) is 6.37. The van der Waals surface area contributed by atoms with E-state index in [0.29, 0.717) is 6.04 Å². The number of amides is 1. The van der Waals surface area contributed by atoms with Crippen molar-refractivity contribution >= 4 is 22.5 Å². The molecule has 1 N–H and O–H groups in total. The lowest BCUT2D eigenvalue weighted by Gasteiger charge is -2.19. The summed E-state index contributed by atoms with van der Waals surface area (Å²) in [6.45, 7) is 3.58. The van der Waals surface area contributed by atoms with E-state index in [1.54, 1.807) is 0 Å². The van der Waals surface area contributed by atoms with Gasteiger partial charge in [0.05, 0.1) is 11.6 Å². The van der Waals surface area contributed by atoms with Crippen LogP contribution in [0.15, 0.2) is 24.3 Å². The maximum absolute atomic E-state index is 12.2. The Morgan fingerprint density at radius 2 is 1.95 bits per heavy atom. The third kappa shape index (κ3) is 2.40. The van der Waals surface area contributed by atoms with Gasteiger partial charge in [-0.05, 0) is 26.2 Å². The number of benzene rings is 1. The predicted octanol–water partition coefficient (Wildman–Crippen LogP) is 2.04. The Morgan fingerprint density at radius 1 is 1.18 bits per heavy atom. The van der Waals surface area contributed by atoms with Gasteiger partial charge in [0, 0.05) is 29.9 Å². The Balaban J connectivity index is 1.58. The van der Waals surface area contributed by atoms with Crippen LogP contribution >= 0.6 is 0 Å². The Hall–Kier alpha value is -2.17. The first-order valence-electron chi connectivity index (χ1n) is 8.00. The maximum atomic E-state index is 12.2. The topological polar surface area (TPSA) is 58.1 Å². The number of nitrogens with zero attached hydrogens (tertiary/aromatic N) is 3. The smallest absolute Gasteiger partial charge is 0.225 e. The monoisotopic (exact) mass is 296 g/mol. The third-order valence-electron chi connectivity index (χ3n) is 4.63. The van der Waals surface area contributed by atoms with Crippen molar-refractivity contribution in [1.29, 1.82) is 0 Å². The number of anilines is 1. The molecule has 2 aliphatic rings. The van der Waals surface area contributed by atoms with Crippen LogP contribution in [-0.4, -0.2) is 35.2 Å². The molecule has 2 fully saturated rings. The highest BCUT2D eigenvalue weighted by Crippen LogP contribution is 2.30. The largest absolute Gasteiger partial charge is 0.354 e. The van der Waals surface area contributed by atoms with Crippen molar-refractivity contribution in [3.63, 3.8) is 0 Å². The highest BCUT2D eigenvalue weighted by atomic mass is 16.2. The van der Waals surface area contributed by atoms with Gasteiger partial charge < -0.3 is 10.2 Å². The molecule has 1 atom stereocenters. The van der Waals surface area contributed by atoms with Crippen molar-refractivity contribution in [3.8, 4) is 0 Å². The zero-order valence-corrected chi connectivity index (χ0v) is 12.7. The Labute approximate surface area is 129 Å². The zero-order chi connectivity index (χ0) is 15.1. The second kappa shape index (κ2) is 5.23. The van der Waals surface area contributed by atoms with Gasteiger partial charge in [0.25, 0.3) is 0 Å². The molecule has 1 aliphatic carbocycles. The molecule has 2 heterocycles. The summed E-state index contributed by atoms with van der Waals surface area (Å²) in [6, 6.07) is 8.65. The van der Waals surface area contributed by atoms with Crippen LogP contribution in [0, 0.1) is 12.8 Å². The summed E-state index contributed by atoms with van der Waals surface area (Å²) in [5.74, 6) is 1.18. The average molecular weight is 296 g/mol. The molecule has 1 saturated carbocycles. The molecule has 1 amide bonds. The second-order valence-electron chi connectivity index (χ2n) is 6.37. The summed E-state index contributed by atoms with van der Waals surface area (Å²) in [4.78, 5) is 14.4. The molecule has 1 saturated heterocycles. The number of fused-ring (bicyclic) bond motifs is 1. The molecule has 5 nitrogen and oxygen atoms in total. The number of aryl methyl sites for hydroxylation is 1. The van der Waals surface area contributed by atoms with Gasteiger partial charge in [-0.3, -0.25) is 4.79 Å². The van der Waals surface area contributed by atoms with Gasteiger partial charge in [0.1, 0.15) is 0 Å². The van der Waals surface area contributed by atoms with Gasteiger partial charge in [0.15, 0.2) is 5.82 Å². The van der Waals surface area contributed by atoms with Crippen molar-refractivity contribution in [3.05, 3.63) is 30.0 Å². The van der Waals surface area contributed by atoms with E-state index in [4.69, 9.17) is 0 Å². The van der Waals surface area contributed by atoms with Crippen LogP contribution in [-0.2, 0) is 4.79 Å². The summed E-state index contributed by atoms with van der Waals surface area (Å²) in [5.41, 5.74) is 0.946. The minimum absolute atomic E-state index is 0.0717. The van der Waals surface area contributed by atoms with Gasteiger partial charge in [-0.2, -0.15) is 5.10 Å². The fourth-order valence-electron chi connectivity index (χ4n) is 3.17. The highest BCUT2D eigenvalue weighted by Gasteiger charge is 2.33. The quantitative estimate of drug-likeness (QED) is 0.941. The minimum Gasteiger partial charge on any atom is -0.354 e. The van der Waals surface area contributed by atoms with Gasteiger partial charge in [-0.15, -0.1) is 5.10 Å². The van der Waals surface area contributed by atoms with Crippen molar-refractivity contribution in [2.75, 3.05) is 18.0 Å². The summed E-state index contributed by atoms with van der Waals surface area (Å²) >= 11 is 0. The number of carbonyl (C=O) groups is 1. The molecule has 0 radical (unpaired) electrons. The first-order valence-corrected chi connectivity index (χ1v) is 8.00. The number of hydrogen-bond acceptors (Lipinski definition) is 4. The molecule has 1 unspecified atom stereocenters. The molecule has 114 valence electrons. The van der Waals surface area contributed by atoms with Crippen LogP contribution in [0.1, 0.15) is 25.0 Å². The molecule has 1 aliphatic heterocycles. The minimum atomic E-state index is 0.0717. The van der Waals surface area contributed by atoms with E-state index < -0.39 is 0 Å². The average Bonchev–Trinajstić information content (AvgIpc) is 3.21. The number of aromatic nitrogens is 2. The molecule has 0 spiro atoms. The Morgan fingerprint density at radius 3 is 2.73 bits per heavy atom. The molecule has 0 bridgehead atoms. The fourth-order valence-corrected chi connectivity index (χ4v) is 3.17. The van der Waals surface area contributed by atoms with Crippen molar-refractivity contribution in [1.82, 2.24) is 15.5 Å². The van der Waals surface area contributed by atoms with E-state index in [1.165, 1.54) is 0 Å². The van der Waals surface area contributed by atoms with Crippen molar-refractivity contribution in [2.45, 2.75) is 32.2 Å². The molecular weight excluding hydrogens is 276 g/mol. The lowest BCUT2D eigenvalue weighted by molar-refractivity contribution is -0.124. The lowest BCUT2D eigenvalue weighted by atomic mass is 10.1. The standard InChI is InChI=1S/C17H20N4O/c1-11-14-4-2-3-5-15(14)16(20-19-11)21-9-8-12(10-21)17(22)18-13-6-7-13/h2-5,12-13H,6-10H2,1H3,(H,18,22). The normalized spacial score (nSPS) is 21.3. The number of nitrogens with one attached hydrogen (secondary N) is 1. The first-order chi connectivity index (χ1) is 10.7. The molecular formula is C17H20N4O. The van der Waals surface area contributed by atoms with Gasteiger partial charge in [0.2, 0.25) is 5.91 Å². The Bertz CT molecular complexity index is 726.